The largest absolute Gasteiger partial charge is 0.496 e. The molecular formula is C12H17ClO3. The summed E-state index contributed by atoms with van der Waals surface area (Å²) >= 11 is 5.82. The second kappa shape index (κ2) is 7.12. The molecule has 0 saturated heterocycles. The Morgan fingerprint density at radius 1 is 1.25 bits per heavy atom. The van der Waals surface area contributed by atoms with Gasteiger partial charge in [-0.15, -0.1) is 0 Å². The maximum Gasteiger partial charge on any atom is 0.341 e. The average Bonchev–Trinajstić information content (AvgIpc) is 2.29. The molecule has 0 aromatic heterocycles. The summed E-state index contributed by atoms with van der Waals surface area (Å²) in [5, 5.41) is 0.490. The lowest BCUT2D eigenvalue weighted by Gasteiger charge is -2.09. The maximum absolute atomic E-state index is 11.3. The highest BCUT2D eigenvalue weighted by atomic mass is 35.5. The van der Waals surface area contributed by atoms with E-state index in [1.54, 1.807) is 6.07 Å². The molecule has 0 spiro atoms. The lowest BCUT2D eigenvalue weighted by atomic mass is 10.1. The lowest BCUT2D eigenvalue weighted by molar-refractivity contribution is 0.0597. The molecular weight excluding hydrogens is 228 g/mol. The van der Waals surface area contributed by atoms with Gasteiger partial charge in [0.05, 0.1) is 14.2 Å². The molecule has 0 N–H and O–H groups in total. The first kappa shape index (κ1) is 14.8. The van der Waals surface area contributed by atoms with Crippen LogP contribution in [0.1, 0.15) is 29.8 Å². The van der Waals surface area contributed by atoms with E-state index in [0.717, 1.165) is 5.56 Å². The molecule has 0 heterocycles. The van der Waals surface area contributed by atoms with Crippen LogP contribution in [0.2, 0.25) is 5.02 Å². The van der Waals surface area contributed by atoms with Crippen molar-refractivity contribution in [2.24, 2.45) is 0 Å². The van der Waals surface area contributed by atoms with Crippen molar-refractivity contribution in [3.63, 3.8) is 0 Å². The first-order chi connectivity index (χ1) is 7.60. The number of carbonyl (C=O) groups excluding carboxylic acids is 1. The van der Waals surface area contributed by atoms with Gasteiger partial charge < -0.3 is 9.47 Å². The van der Waals surface area contributed by atoms with Crippen LogP contribution in [0.4, 0.5) is 0 Å². The van der Waals surface area contributed by atoms with Gasteiger partial charge in [0.15, 0.2) is 0 Å². The number of carbonyl (C=O) groups is 1. The third kappa shape index (κ3) is 3.42. The van der Waals surface area contributed by atoms with Crippen molar-refractivity contribution in [1.29, 1.82) is 0 Å². The fourth-order valence-corrected chi connectivity index (χ4v) is 1.54. The molecule has 0 aliphatic carbocycles. The normalized spacial score (nSPS) is 8.88. The summed E-state index contributed by atoms with van der Waals surface area (Å²) in [5.41, 5.74) is 1.15. The molecule has 4 heteroatoms. The summed E-state index contributed by atoms with van der Waals surface area (Å²) in [7, 11) is 2.82. The molecule has 1 aromatic rings. The van der Waals surface area contributed by atoms with Crippen molar-refractivity contribution < 1.29 is 14.3 Å². The number of hydrogen-bond acceptors (Lipinski definition) is 3. The van der Waals surface area contributed by atoms with Gasteiger partial charge in [-0.3, -0.25) is 0 Å². The van der Waals surface area contributed by atoms with Crippen LogP contribution in [0.5, 0.6) is 5.75 Å². The SMILES string of the molecule is CC.COC(=O)c1cc(Cl)cc(C)c1OC. The quantitative estimate of drug-likeness (QED) is 0.748. The predicted molar refractivity (Wildman–Crippen MR) is 65.4 cm³/mol. The average molecular weight is 245 g/mol. The van der Waals surface area contributed by atoms with Crippen molar-refractivity contribution in [3.05, 3.63) is 28.3 Å². The Morgan fingerprint density at radius 2 is 1.81 bits per heavy atom. The minimum absolute atomic E-state index is 0.347. The summed E-state index contributed by atoms with van der Waals surface area (Å²) < 4.78 is 9.71. The summed E-state index contributed by atoms with van der Waals surface area (Å²) in [4.78, 5) is 11.3. The fraction of sp³-hybridized carbons (Fsp3) is 0.417. The van der Waals surface area contributed by atoms with Gasteiger partial charge >= 0.3 is 5.97 Å². The van der Waals surface area contributed by atoms with Crippen LogP contribution >= 0.6 is 11.6 Å². The van der Waals surface area contributed by atoms with Crippen LogP contribution in [-0.4, -0.2) is 20.2 Å². The van der Waals surface area contributed by atoms with Crippen LogP contribution in [0.15, 0.2) is 12.1 Å². The Labute approximate surface area is 101 Å². The number of esters is 1. The fourth-order valence-electron chi connectivity index (χ4n) is 1.26. The van der Waals surface area contributed by atoms with Gasteiger partial charge in [-0.2, -0.15) is 0 Å². The molecule has 0 aliphatic rings. The number of aryl methyl sites for hydroxylation is 1. The highest BCUT2D eigenvalue weighted by Crippen LogP contribution is 2.27. The van der Waals surface area contributed by atoms with E-state index in [0.29, 0.717) is 16.3 Å². The molecule has 0 bridgehead atoms. The van der Waals surface area contributed by atoms with E-state index in [4.69, 9.17) is 16.3 Å². The molecule has 0 fully saturated rings. The van der Waals surface area contributed by atoms with Gasteiger partial charge in [0.25, 0.3) is 0 Å². The molecule has 1 rings (SSSR count). The predicted octanol–water partition coefficient (Wildman–Crippen LogP) is 3.47. The van der Waals surface area contributed by atoms with Gasteiger partial charge in [0, 0.05) is 5.02 Å². The summed E-state index contributed by atoms with van der Waals surface area (Å²) in [6, 6.07) is 3.26. The van der Waals surface area contributed by atoms with Gasteiger partial charge in [-0.25, -0.2) is 4.79 Å². The van der Waals surface area contributed by atoms with Crippen molar-refractivity contribution >= 4 is 17.6 Å². The number of benzene rings is 1. The van der Waals surface area contributed by atoms with E-state index in [2.05, 4.69) is 4.74 Å². The molecule has 0 amide bonds. The van der Waals surface area contributed by atoms with Crippen LogP contribution in [-0.2, 0) is 4.74 Å². The Kier molecular flexibility index (Phi) is 6.58. The summed E-state index contributed by atoms with van der Waals surface area (Å²) in [6.45, 7) is 5.82. The second-order valence-electron chi connectivity index (χ2n) is 2.80. The topological polar surface area (TPSA) is 35.5 Å². The summed E-state index contributed by atoms with van der Waals surface area (Å²) in [5.74, 6) is 0.0497. The highest BCUT2D eigenvalue weighted by Gasteiger charge is 2.15. The minimum atomic E-state index is -0.451. The van der Waals surface area contributed by atoms with Crippen molar-refractivity contribution in [3.8, 4) is 5.75 Å². The van der Waals surface area contributed by atoms with Gasteiger partial charge in [0.1, 0.15) is 11.3 Å². The van der Waals surface area contributed by atoms with Crippen molar-refractivity contribution in [2.75, 3.05) is 14.2 Å². The summed E-state index contributed by atoms with van der Waals surface area (Å²) in [6.07, 6.45) is 0. The molecule has 90 valence electrons. The standard InChI is InChI=1S/C10H11ClO3.C2H6/c1-6-4-7(11)5-8(9(6)13-2)10(12)14-3;1-2/h4-5H,1-3H3;1-2H3. The molecule has 16 heavy (non-hydrogen) atoms. The van der Waals surface area contributed by atoms with E-state index < -0.39 is 5.97 Å². The highest BCUT2D eigenvalue weighted by molar-refractivity contribution is 6.31. The molecule has 0 unspecified atom stereocenters. The van der Waals surface area contributed by atoms with E-state index in [1.807, 2.05) is 20.8 Å². The van der Waals surface area contributed by atoms with Crippen molar-refractivity contribution in [1.82, 2.24) is 0 Å². The molecule has 0 aliphatic heterocycles. The third-order valence-electron chi connectivity index (χ3n) is 1.85. The Morgan fingerprint density at radius 3 is 2.25 bits per heavy atom. The number of methoxy groups -OCH3 is 2. The zero-order valence-corrected chi connectivity index (χ0v) is 11.0. The molecule has 0 radical (unpaired) electrons. The number of hydrogen-bond donors (Lipinski definition) is 0. The molecule has 0 atom stereocenters. The van der Waals surface area contributed by atoms with Gasteiger partial charge in [-0.05, 0) is 24.6 Å². The van der Waals surface area contributed by atoms with Gasteiger partial charge in [0.2, 0.25) is 0 Å². The maximum atomic E-state index is 11.3. The molecule has 1 aromatic carbocycles. The Hall–Kier alpha value is -1.22. The number of rotatable bonds is 2. The first-order valence-electron chi connectivity index (χ1n) is 5.02. The van der Waals surface area contributed by atoms with Gasteiger partial charge in [-0.1, -0.05) is 25.4 Å². The van der Waals surface area contributed by atoms with Crippen LogP contribution in [0, 0.1) is 6.92 Å². The Balaban J connectivity index is 0.00000106. The smallest absolute Gasteiger partial charge is 0.341 e. The number of ether oxygens (including phenoxy) is 2. The Bertz CT molecular complexity index is 362. The van der Waals surface area contributed by atoms with Crippen LogP contribution < -0.4 is 4.74 Å². The lowest BCUT2D eigenvalue weighted by Crippen LogP contribution is -2.05. The first-order valence-corrected chi connectivity index (χ1v) is 5.40. The monoisotopic (exact) mass is 244 g/mol. The minimum Gasteiger partial charge on any atom is -0.496 e. The van der Waals surface area contributed by atoms with Crippen molar-refractivity contribution in [2.45, 2.75) is 20.8 Å². The third-order valence-corrected chi connectivity index (χ3v) is 2.07. The zero-order valence-electron chi connectivity index (χ0n) is 10.3. The zero-order chi connectivity index (χ0) is 12.7. The van der Waals surface area contributed by atoms with E-state index in [-0.39, 0.29) is 0 Å². The van der Waals surface area contributed by atoms with Crippen LogP contribution in [0.25, 0.3) is 0 Å². The van der Waals surface area contributed by atoms with E-state index >= 15 is 0 Å². The second-order valence-corrected chi connectivity index (χ2v) is 3.23. The molecule has 0 saturated carbocycles. The van der Waals surface area contributed by atoms with E-state index in [1.165, 1.54) is 20.3 Å². The molecule has 3 nitrogen and oxygen atoms in total. The van der Waals surface area contributed by atoms with Crippen LogP contribution in [0.3, 0.4) is 0 Å². The van der Waals surface area contributed by atoms with E-state index in [9.17, 15) is 4.79 Å². The number of halogens is 1.